The maximum atomic E-state index is 9.51. The van der Waals surface area contributed by atoms with Crippen molar-refractivity contribution < 1.29 is 14.6 Å². The molecule has 1 aromatic carbocycles. The van der Waals surface area contributed by atoms with Crippen LogP contribution >= 0.6 is 0 Å². The van der Waals surface area contributed by atoms with E-state index in [0.717, 1.165) is 64.4 Å². The number of piperazine rings is 1. The van der Waals surface area contributed by atoms with Crippen molar-refractivity contribution in [1.82, 2.24) is 9.80 Å². The second-order valence-electron chi connectivity index (χ2n) is 7.05. The monoisotopic (exact) mass is 348 g/mol. The van der Waals surface area contributed by atoms with Crippen LogP contribution < -0.4 is 4.74 Å². The molecule has 0 radical (unpaired) electrons. The van der Waals surface area contributed by atoms with Crippen molar-refractivity contribution in [3.63, 3.8) is 0 Å². The fourth-order valence-electron chi connectivity index (χ4n) is 4.02. The van der Waals surface area contributed by atoms with Gasteiger partial charge in [-0.2, -0.15) is 0 Å². The molecule has 0 amide bonds. The van der Waals surface area contributed by atoms with Crippen LogP contribution in [0.15, 0.2) is 24.3 Å². The molecule has 3 rings (SSSR count). The Hall–Kier alpha value is -1.14. The topological polar surface area (TPSA) is 45.2 Å². The average molecular weight is 348 g/mol. The van der Waals surface area contributed by atoms with Gasteiger partial charge in [0.05, 0.1) is 6.61 Å². The molecule has 0 bridgehead atoms. The van der Waals surface area contributed by atoms with E-state index in [0.29, 0.717) is 18.7 Å². The van der Waals surface area contributed by atoms with Gasteiger partial charge in [0.1, 0.15) is 5.75 Å². The zero-order chi connectivity index (χ0) is 17.5. The van der Waals surface area contributed by atoms with E-state index in [2.05, 4.69) is 34.1 Å². The molecule has 2 aliphatic heterocycles. The Kier molecular flexibility index (Phi) is 7.11. The number of aliphatic hydroxyl groups excluding tert-OH is 1. The van der Waals surface area contributed by atoms with Crippen LogP contribution in [-0.4, -0.2) is 73.1 Å². The number of rotatable bonds is 7. The largest absolute Gasteiger partial charge is 0.494 e. The molecular formula is C20H32N2O3. The molecule has 0 aliphatic carbocycles. The number of hydrogen-bond acceptors (Lipinski definition) is 5. The highest BCUT2D eigenvalue weighted by atomic mass is 16.5. The van der Waals surface area contributed by atoms with Gasteiger partial charge in [-0.3, -0.25) is 9.80 Å². The molecule has 1 unspecified atom stereocenters. The summed E-state index contributed by atoms with van der Waals surface area (Å²) < 4.78 is 11.0. The summed E-state index contributed by atoms with van der Waals surface area (Å²) >= 11 is 0. The Bertz CT molecular complexity index is 502. The number of hydrogen-bond donors (Lipinski definition) is 1. The molecule has 1 atom stereocenters. The molecule has 2 heterocycles. The van der Waals surface area contributed by atoms with E-state index in [1.807, 2.05) is 6.92 Å². The predicted molar refractivity (Wildman–Crippen MR) is 98.9 cm³/mol. The van der Waals surface area contributed by atoms with Crippen molar-refractivity contribution in [2.24, 2.45) is 0 Å². The highest BCUT2D eigenvalue weighted by Crippen LogP contribution is 2.23. The minimum absolute atomic E-state index is 0.256. The van der Waals surface area contributed by atoms with E-state index in [1.54, 1.807) is 0 Å². The minimum Gasteiger partial charge on any atom is -0.494 e. The summed E-state index contributed by atoms with van der Waals surface area (Å²) in [5.41, 5.74) is 1.31. The summed E-state index contributed by atoms with van der Waals surface area (Å²) in [6.45, 7) is 8.92. The first kappa shape index (κ1) is 18.6. The van der Waals surface area contributed by atoms with Crippen LogP contribution in [0.3, 0.4) is 0 Å². The van der Waals surface area contributed by atoms with Crippen molar-refractivity contribution in [2.75, 3.05) is 46.1 Å². The first-order chi connectivity index (χ1) is 12.3. The molecule has 1 N–H and O–H groups in total. The lowest BCUT2D eigenvalue weighted by molar-refractivity contribution is -0.0116. The average Bonchev–Trinajstić information content (AvgIpc) is 2.66. The predicted octanol–water partition coefficient (Wildman–Crippen LogP) is 2.13. The van der Waals surface area contributed by atoms with Gasteiger partial charge >= 0.3 is 0 Å². The minimum atomic E-state index is 0.256. The summed E-state index contributed by atoms with van der Waals surface area (Å²) in [6.07, 6.45) is 3.13. The second kappa shape index (κ2) is 9.53. The zero-order valence-corrected chi connectivity index (χ0v) is 15.4. The fourth-order valence-corrected chi connectivity index (χ4v) is 4.02. The molecule has 5 heteroatoms. The van der Waals surface area contributed by atoms with Gasteiger partial charge in [-0.1, -0.05) is 12.1 Å². The lowest BCUT2D eigenvalue weighted by atomic mass is 10.0. The summed E-state index contributed by atoms with van der Waals surface area (Å²) in [5, 5.41) is 9.51. The fraction of sp³-hybridized carbons (Fsp3) is 0.700. The molecular weight excluding hydrogens is 316 g/mol. The van der Waals surface area contributed by atoms with E-state index < -0.39 is 0 Å². The molecule has 0 spiro atoms. The van der Waals surface area contributed by atoms with E-state index in [-0.39, 0.29) is 6.61 Å². The first-order valence-corrected chi connectivity index (χ1v) is 9.68. The Labute approximate surface area is 151 Å². The zero-order valence-electron chi connectivity index (χ0n) is 15.4. The lowest BCUT2D eigenvalue weighted by Gasteiger charge is -2.45. The third-order valence-electron chi connectivity index (χ3n) is 5.43. The van der Waals surface area contributed by atoms with Crippen molar-refractivity contribution in [1.29, 1.82) is 0 Å². The van der Waals surface area contributed by atoms with E-state index >= 15 is 0 Å². The summed E-state index contributed by atoms with van der Waals surface area (Å²) in [5.74, 6) is 0.933. The molecule has 2 saturated heterocycles. The van der Waals surface area contributed by atoms with Crippen molar-refractivity contribution in [3.05, 3.63) is 29.8 Å². The van der Waals surface area contributed by atoms with Crippen LogP contribution in [0.1, 0.15) is 31.7 Å². The van der Waals surface area contributed by atoms with Gasteiger partial charge in [0.25, 0.3) is 0 Å². The SMILES string of the molecule is CCOc1ccc(CN2CCN(C3CCOCC3)CC2CCO)cc1. The maximum Gasteiger partial charge on any atom is 0.119 e. The summed E-state index contributed by atoms with van der Waals surface area (Å²) in [7, 11) is 0. The number of nitrogens with zero attached hydrogens (tertiary/aromatic N) is 2. The molecule has 0 saturated carbocycles. The van der Waals surface area contributed by atoms with Crippen LogP contribution in [0.25, 0.3) is 0 Å². The number of benzene rings is 1. The summed E-state index contributed by atoms with van der Waals surface area (Å²) in [6, 6.07) is 9.50. The van der Waals surface area contributed by atoms with Crippen LogP contribution in [0, 0.1) is 0 Å². The highest BCUT2D eigenvalue weighted by molar-refractivity contribution is 5.27. The van der Waals surface area contributed by atoms with Crippen LogP contribution in [-0.2, 0) is 11.3 Å². The Balaban J connectivity index is 1.58. The second-order valence-corrected chi connectivity index (χ2v) is 7.05. The van der Waals surface area contributed by atoms with Gasteiger partial charge in [0, 0.05) is 58.1 Å². The third kappa shape index (κ3) is 5.17. The smallest absolute Gasteiger partial charge is 0.119 e. The number of ether oxygens (including phenoxy) is 2. The molecule has 5 nitrogen and oxygen atoms in total. The van der Waals surface area contributed by atoms with Gasteiger partial charge in [0.15, 0.2) is 0 Å². The van der Waals surface area contributed by atoms with E-state index in [4.69, 9.17) is 9.47 Å². The summed E-state index contributed by atoms with van der Waals surface area (Å²) in [4.78, 5) is 5.15. The van der Waals surface area contributed by atoms with Crippen molar-refractivity contribution in [3.8, 4) is 5.75 Å². The quantitative estimate of drug-likeness (QED) is 0.818. The van der Waals surface area contributed by atoms with Gasteiger partial charge in [0.2, 0.25) is 0 Å². The molecule has 1 aromatic rings. The van der Waals surface area contributed by atoms with Crippen LogP contribution in [0.2, 0.25) is 0 Å². The lowest BCUT2D eigenvalue weighted by Crippen LogP contribution is -2.56. The van der Waals surface area contributed by atoms with Crippen LogP contribution in [0.4, 0.5) is 0 Å². The van der Waals surface area contributed by atoms with Gasteiger partial charge in [-0.05, 0) is 43.9 Å². The number of aliphatic hydroxyl groups is 1. The van der Waals surface area contributed by atoms with E-state index in [1.165, 1.54) is 5.56 Å². The Morgan fingerprint density at radius 3 is 2.60 bits per heavy atom. The van der Waals surface area contributed by atoms with Gasteiger partial charge in [-0.15, -0.1) is 0 Å². The molecule has 140 valence electrons. The van der Waals surface area contributed by atoms with Gasteiger partial charge < -0.3 is 14.6 Å². The van der Waals surface area contributed by atoms with Gasteiger partial charge in [-0.25, -0.2) is 0 Å². The molecule has 2 fully saturated rings. The third-order valence-corrected chi connectivity index (χ3v) is 5.43. The van der Waals surface area contributed by atoms with E-state index in [9.17, 15) is 5.11 Å². The normalized spacial score (nSPS) is 23.7. The first-order valence-electron chi connectivity index (χ1n) is 9.68. The van der Waals surface area contributed by atoms with Crippen molar-refractivity contribution >= 4 is 0 Å². The van der Waals surface area contributed by atoms with Crippen LogP contribution in [0.5, 0.6) is 5.75 Å². The molecule has 0 aromatic heterocycles. The Morgan fingerprint density at radius 1 is 1.16 bits per heavy atom. The van der Waals surface area contributed by atoms with Crippen molar-refractivity contribution in [2.45, 2.75) is 44.8 Å². The molecule has 2 aliphatic rings. The standard InChI is InChI=1S/C20H32N2O3/c1-2-25-20-5-3-17(4-6-20)15-21-10-11-22(16-19(21)7-12-23)18-8-13-24-14-9-18/h3-6,18-19,23H,2,7-16H2,1H3. The highest BCUT2D eigenvalue weighted by Gasteiger charge is 2.31. The maximum absolute atomic E-state index is 9.51. The molecule has 25 heavy (non-hydrogen) atoms. The Morgan fingerprint density at radius 2 is 1.92 bits per heavy atom.